The first-order valence-corrected chi connectivity index (χ1v) is 33.2. The molecule has 24 bridgehead atoms. The van der Waals surface area contributed by atoms with Gasteiger partial charge in [0.05, 0.1) is 11.0 Å². The van der Waals surface area contributed by atoms with E-state index in [0.29, 0.717) is 39.7 Å². The molecule has 24 aliphatic carbocycles. The average molecular weight is 1040 g/mol. The predicted octanol–water partition coefficient (Wildman–Crippen LogP) is 12.8. The van der Waals surface area contributed by atoms with Gasteiger partial charge in [-0.1, -0.05) is 27.2 Å². The first kappa shape index (κ1) is 53.5. The summed E-state index contributed by atoms with van der Waals surface area (Å²) in [5, 5.41) is 23.2. The minimum atomic E-state index is -0.596. The molecule has 6 unspecified atom stereocenters. The number of carbonyl (C=O) groups is 1. The second-order valence-electron chi connectivity index (χ2n) is 34.7. The summed E-state index contributed by atoms with van der Waals surface area (Å²) >= 11 is 0. The molecule has 11 N–H and O–H groups in total. The highest BCUT2D eigenvalue weighted by Crippen LogP contribution is 2.67. The van der Waals surface area contributed by atoms with Crippen molar-refractivity contribution in [1.82, 2.24) is 5.32 Å². The van der Waals surface area contributed by atoms with Gasteiger partial charge in [-0.2, -0.15) is 0 Å². The Bertz CT molecular complexity index is 1950. The van der Waals surface area contributed by atoms with E-state index in [-0.39, 0.29) is 16.7 Å². The minimum Gasteiger partial charge on any atom is -0.481 e. The van der Waals surface area contributed by atoms with Gasteiger partial charge in [0.2, 0.25) is 0 Å². The third-order valence-electron chi connectivity index (χ3n) is 27.6. The minimum absolute atomic E-state index is 0.0127. The summed E-state index contributed by atoms with van der Waals surface area (Å²) in [5.74, 6) is 16.1. The summed E-state index contributed by atoms with van der Waals surface area (Å²) in [6.07, 6.45) is 47.2. The molecule has 8 heteroatoms. The van der Waals surface area contributed by atoms with Gasteiger partial charge in [-0.15, -0.1) is 0 Å². The molecule has 75 heavy (non-hydrogen) atoms. The van der Waals surface area contributed by atoms with E-state index in [4.69, 9.17) is 22.9 Å². The summed E-state index contributed by atoms with van der Waals surface area (Å²) in [5.41, 5.74) is 26.2. The number of carboxylic acid groups (broad SMARTS) is 1. The van der Waals surface area contributed by atoms with Gasteiger partial charge in [0.15, 0.2) is 0 Å². The van der Waals surface area contributed by atoms with Crippen LogP contribution in [0.5, 0.6) is 0 Å². The number of hydrogen-bond donors (Lipinski definition) is 7. The lowest BCUT2D eigenvalue weighted by Crippen LogP contribution is -2.63. The Morgan fingerprint density at radius 2 is 0.880 bits per heavy atom. The van der Waals surface area contributed by atoms with Gasteiger partial charge in [-0.25, -0.2) is 0 Å². The van der Waals surface area contributed by atoms with Crippen molar-refractivity contribution >= 4 is 5.97 Å². The largest absolute Gasteiger partial charge is 0.481 e. The van der Waals surface area contributed by atoms with Crippen molar-refractivity contribution in [3.05, 3.63) is 0 Å². The van der Waals surface area contributed by atoms with Crippen LogP contribution in [0.4, 0.5) is 0 Å². The van der Waals surface area contributed by atoms with E-state index in [1.54, 1.807) is 38.5 Å². The molecule has 424 valence electrons. The lowest BCUT2D eigenvalue weighted by atomic mass is 9.43. The zero-order valence-corrected chi connectivity index (χ0v) is 48.5. The summed E-state index contributed by atoms with van der Waals surface area (Å²) in [6.45, 7) is 8.44. The third kappa shape index (κ3) is 10.4. The van der Waals surface area contributed by atoms with E-state index in [0.717, 1.165) is 147 Å². The SMILES string of the molecule is CCC1C2CC3CC(C2)CC1C3.CNC12CC3CC(C)(CC(C)(C3)C1)C2.NC12CC3CC(C1)CC(C(=O)O)(C3)C2.NC12CC3CC(C1)CC(O)(C3)C2.NC1C2CC3CC(C2)CC1C3.NCC12CC3CC(CC(C3)C1)C2. The van der Waals surface area contributed by atoms with Crippen molar-refractivity contribution < 1.29 is 15.0 Å². The Morgan fingerprint density at radius 3 is 1.24 bits per heavy atom. The number of aliphatic hydroxyl groups is 1. The van der Waals surface area contributed by atoms with Crippen molar-refractivity contribution in [2.75, 3.05) is 13.6 Å². The van der Waals surface area contributed by atoms with Crippen LogP contribution in [0.25, 0.3) is 0 Å². The first-order chi connectivity index (χ1) is 35.5. The molecule has 0 aliphatic heterocycles. The van der Waals surface area contributed by atoms with Crippen LogP contribution in [0.15, 0.2) is 0 Å². The molecule has 24 saturated carbocycles. The molecule has 0 heterocycles. The standard InChI is InChI=1S/C13H23N.C12H20.C11H17NO2.C11H19N.C10H17NO.C10H17N/c1-11-4-10-5-12(2,7-11)9-13(6-10,8-11)14-3;1-2-12-10-4-8-3-9(6-10)7-11(12)5-8;12-11-4-7-1-8(5-11)3-10(2-7,6-11)9(13)14;12-7-11-4-8-1-9(5-11)3-10(2-8)6-11;11-9-2-7-1-8(3-9)5-10(12,4-7)6-9;11-10-8-2-6-1-7(4-8)5-9(10)3-6/h10,14H,4-9H2,1-3H3;8-12H,2-7H2,1H3;7-8H,1-6,12H2,(H,13,14);8-10H,1-7,12H2;7-8,12H,1-6,11H2;6-10H,1-5,11H2. The summed E-state index contributed by atoms with van der Waals surface area (Å²) in [4.78, 5) is 11.3. The van der Waals surface area contributed by atoms with Crippen LogP contribution >= 0.6 is 0 Å². The number of nitrogens with one attached hydrogen (secondary N) is 1. The predicted molar refractivity (Wildman–Crippen MR) is 303 cm³/mol. The maximum atomic E-state index is 11.3. The molecule has 8 nitrogen and oxygen atoms in total. The van der Waals surface area contributed by atoms with Gasteiger partial charge >= 0.3 is 5.97 Å². The van der Waals surface area contributed by atoms with E-state index in [9.17, 15) is 15.0 Å². The Kier molecular flexibility index (Phi) is 13.7. The number of carboxylic acids is 1. The van der Waals surface area contributed by atoms with E-state index >= 15 is 0 Å². The fourth-order valence-electron chi connectivity index (χ4n) is 27.8. The Morgan fingerprint density at radius 1 is 0.480 bits per heavy atom. The molecule has 24 rings (SSSR count). The second-order valence-corrected chi connectivity index (χ2v) is 34.7. The van der Waals surface area contributed by atoms with Crippen molar-refractivity contribution in [3.8, 4) is 0 Å². The van der Waals surface area contributed by atoms with E-state index in [2.05, 4.69) is 33.1 Å². The molecule has 0 saturated heterocycles. The Hall–Kier alpha value is -0.770. The lowest BCUT2D eigenvalue weighted by molar-refractivity contribution is -0.166. The zero-order chi connectivity index (χ0) is 52.1. The third-order valence-corrected chi connectivity index (χ3v) is 27.6. The molecule has 6 atom stereocenters. The molecule has 0 spiro atoms. The molecule has 0 amide bonds. The average Bonchev–Trinajstić information content (AvgIpc) is 3.28. The maximum absolute atomic E-state index is 11.3. The number of nitrogens with two attached hydrogens (primary N) is 4. The van der Waals surface area contributed by atoms with Crippen LogP contribution in [-0.2, 0) is 4.79 Å². The van der Waals surface area contributed by atoms with Gasteiger partial charge < -0.3 is 38.5 Å². The first-order valence-electron chi connectivity index (χ1n) is 33.2. The van der Waals surface area contributed by atoms with E-state index in [1.165, 1.54) is 135 Å². The topological polar surface area (TPSA) is 174 Å². The molecule has 24 fully saturated rings. The molecule has 0 aromatic rings. The normalized spacial score (nSPS) is 58.4. The molecular weight excluding hydrogens is 923 g/mol. The molecular formula is C67H113N5O3. The van der Waals surface area contributed by atoms with Crippen LogP contribution in [-0.4, -0.2) is 58.0 Å². The fraction of sp³-hybridized carbons (Fsp3) is 0.985. The highest BCUT2D eigenvalue weighted by molar-refractivity contribution is 5.75. The van der Waals surface area contributed by atoms with E-state index < -0.39 is 11.4 Å². The van der Waals surface area contributed by atoms with Crippen LogP contribution < -0.4 is 28.3 Å². The van der Waals surface area contributed by atoms with E-state index in [1.807, 2.05) is 0 Å². The summed E-state index contributed by atoms with van der Waals surface area (Å²) in [7, 11) is 2.18. The lowest BCUT2D eigenvalue weighted by Gasteiger charge is -2.65. The van der Waals surface area contributed by atoms with Crippen molar-refractivity contribution in [2.45, 2.75) is 274 Å². The van der Waals surface area contributed by atoms with Crippen LogP contribution in [0.2, 0.25) is 0 Å². The second kappa shape index (κ2) is 19.2. The zero-order valence-electron chi connectivity index (χ0n) is 48.5. The molecule has 0 aromatic carbocycles. The maximum Gasteiger partial charge on any atom is 0.309 e. The van der Waals surface area contributed by atoms with Crippen LogP contribution in [0, 0.1) is 122 Å². The van der Waals surface area contributed by atoms with Gasteiger partial charge in [0, 0.05) is 22.7 Å². The van der Waals surface area contributed by atoms with Gasteiger partial charge in [-0.05, 0) is 349 Å². The van der Waals surface area contributed by atoms with Crippen molar-refractivity contribution in [1.29, 1.82) is 0 Å². The Balaban J connectivity index is 0.0000000867. The number of hydrogen-bond acceptors (Lipinski definition) is 7. The van der Waals surface area contributed by atoms with Crippen molar-refractivity contribution in [3.63, 3.8) is 0 Å². The molecule has 0 aromatic heterocycles. The summed E-state index contributed by atoms with van der Waals surface area (Å²) < 4.78 is 0. The highest BCUT2D eigenvalue weighted by Gasteiger charge is 2.62. The van der Waals surface area contributed by atoms with Crippen LogP contribution in [0.1, 0.15) is 245 Å². The number of aliphatic carboxylic acids is 1. The smallest absolute Gasteiger partial charge is 0.309 e. The number of rotatable bonds is 4. The fourth-order valence-corrected chi connectivity index (χ4v) is 27.8. The van der Waals surface area contributed by atoms with Gasteiger partial charge in [0.25, 0.3) is 0 Å². The molecule has 24 aliphatic rings. The quantitative estimate of drug-likeness (QED) is 0.146. The van der Waals surface area contributed by atoms with Crippen LogP contribution in [0.3, 0.4) is 0 Å². The highest BCUT2D eigenvalue weighted by atomic mass is 16.4. The van der Waals surface area contributed by atoms with Crippen molar-refractivity contribution in [2.24, 2.45) is 145 Å². The Labute approximate surface area is 456 Å². The van der Waals surface area contributed by atoms with Gasteiger partial charge in [0.1, 0.15) is 0 Å². The van der Waals surface area contributed by atoms with Gasteiger partial charge in [-0.3, -0.25) is 4.79 Å². The monoisotopic (exact) mass is 1040 g/mol. The molecule has 0 radical (unpaired) electrons. The summed E-state index contributed by atoms with van der Waals surface area (Å²) in [6, 6.07) is 0.586.